The van der Waals surface area contributed by atoms with E-state index in [0.717, 1.165) is 12.8 Å². The second-order valence-corrected chi connectivity index (χ2v) is 7.64. The first-order chi connectivity index (χ1) is 13.0. The SMILES string of the molecule is Cc1nc2cn(C3CCOCC3)c(O)c2c(-c2ccc(Cl)cc2Cl)c1CO. The minimum atomic E-state index is -0.203. The van der Waals surface area contributed by atoms with Gasteiger partial charge in [-0.2, -0.15) is 0 Å². The van der Waals surface area contributed by atoms with Crippen molar-refractivity contribution in [2.75, 3.05) is 13.2 Å². The van der Waals surface area contributed by atoms with Crippen LogP contribution in [0, 0.1) is 6.92 Å². The maximum absolute atomic E-state index is 11.1. The van der Waals surface area contributed by atoms with E-state index in [4.69, 9.17) is 27.9 Å². The van der Waals surface area contributed by atoms with Gasteiger partial charge in [0.05, 0.1) is 17.5 Å². The van der Waals surface area contributed by atoms with Crippen LogP contribution in [0.25, 0.3) is 22.0 Å². The standard InChI is InChI=1S/C20H20Cl2N2O3/c1-11-15(10-25)18(14-3-2-12(21)8-16(14)22)19-17(23-11)9-24(20(19)26)13-4-6-27-7-5-13/h2-3,8-9,13,25-26H,4-7,10H2,1H3. The Morgan fingerprint density at radius 1 is 1.26 bits per heavy atom. The highest BCUT2D eigenvalue weighted by molar-refractivity contribution is 6.36. The predicted molar refractivity (Wildman–Crippen MR) is 107 cm³/mol. The van der Waals surface area contributed by atoms with Gasteiger partial charge in [-0.3, -0.25) is 4.98 Å². The molecule has 0 spiro atoms. The van der Waals surface area contributed by atoms with Gasteiger partial charge in [0.2, 0.25) is 5.88 Å². The number of hydrogen-bond acceptors (Lipinski definition) is 4. The van der Waals surface area contributed by atoms with Crippen molar-refractivity contribution in [3.63, 3.8) is 0 Å². The number of fused-ring (bicyclic) bond motifs is 1. The number of aryl methyl sites for hydroxylation is 1. The molecular formula is C20H20Cl2N2O3. The van der Waals surface area contributed by atoms with Crippen molar-refractivity contribution in [1.29, 1.82) is 0 Å². The number of aromatic hydroxyl groups is 1. The van der Waals surface area contributed by atoms with E-state index in [1.807, 2.05) is 23.8 Å². The molecule has 3 heterocycles. The molecule has 0 bridgehead atoms. The van der Waals surface area contributed by atoms with E-state index >= 15 is 0 Å². The molecule has 3 aromatic rings. The zero-order valence-electron chi connectivity index (χ0n) is 14.9. The van der Waals surface area contributed by atoms with E-state index in [1.54, 1.807) is 12.1 Å². The van der Waals surface area contributed by atoms with Crippen LogP contribution < -0.4 is 0 Å². The molecule has 2 aromatic heterocycles. The van der Waals surface area contributed by atoms with E-state index in [2.05, 4.69) is 4.98 Å². The summed E-state index contributed by atoms with van der Waals surface area (Å²) in [6.45, 7) is 2.98. The zero-order valence-corrected chi connectivity index (χ0v) is 16.4. The van der Waals surface area contributed by atoms with Gasteiger partial charge >= 0.3 is 0 Å². The first kappa shape index (κ1) is 18.6. The summed E-state index contributed by atoms with van der Waals surface area (Å²) >= 11 is 12.5. The topological polar surface area (TPSA) is 67.5 Å². The summed E-state index contributed by atoms with van der Waals surface area (Å²) in [7, 11) is 0. The Kier molecular flexibility index (Phi) is 5.03. The van der Waals surface area contributed by atoms with Crippen LogP contribution in [0.15, 0.2) is 24.4 Å². The average Bonchev–Trinajstić information content (AvgIpc) is 2.98. The lowest BCUT2D eigenvalue weighted by atomic mass is 9.96. The lowest BCUT2D eigenvalue weighted by Crippen LogP contribution is -2.18. The van der Waals surface area contributed by atoms with Gasteiger partial charge in [0, 0.05) is 57.9 Å². The van der Waals surface area contributed by atoms with E-state index in [9.17, 15) is 10.2 Å². The summed E-state index contributed by atoms with van der Waals surface area (Å²) in [6.07, 6.45) is 3.54. The van der Waals surface area contributed by atoms with Crippen molar-refractivity contribution in [3.05, 3.63) is 45.7 Å². The van der Waals surface area contributed by atoms with Crippen LogP contribution in [0.5, 0.6) is 5.88 Å². The molecule has 0 atom stereocenters. The molecule has 1 saturated heterocycles. The van der Waals surface area contributed by atoms with Crippen LogP contribution in [0.2, 0.25) is 10.0 Å². The number of benzene rings is 1. The molecule has 0 radical (unpaired) electrons. The third kappa shape index (κ3) is 3.19. The molecule has 1 aliphatic rings. The second kappa shape index (κ2) is 7.32. The maximum Gasteiger partial charge on any atom is 0.201 e. The number of nitrogens with zero attached hydrogens (tertiary/aromatic N) is 2. The largest absolute Gasteiger partial charge is 0.494 e. The van der Waals surface area contributed by atoms with E-state index in [0.29, 0.717) is 56.5 Å². The number of pyridine rings is 1. The summed E-state index contributed by atoms with van der Waals surface area (Å²) in [5.74, 6) is 0.139. The lowest BCUT2D eigenvalue weighted by Gasteiger charge is -2.24. The van der Waals surface area contributed by atoms with Crippen molar-refractivity contribution in [3.8, 4) is 17.0 Å². The smallest absolute Gasteiger partial charge is 0.201 e. The molecule has 0 unspecified atom stereocenters. The van der Waals surface area contributed by atoms with Gasteiger partial charge in [0.1, 0.15) is 0 Å². The number of aliphatic hydroxyl groups is 1. The van der Waals surface area contributed by atoms with Crippen molar-refractivity contribution >= 4 is 34.1 Å². The third-order valence-electron chi connectivity index (χ3n) is 5.21. The fourth-order valence-corrected chi connectivity index (χ4v) is 4.33. The molecule has 1 fully saturated rings. The van der Waals surface area contributed by atoms with E-state index in [1.165, 1.54) is 0 Å². The van der Waals surface area contributed by atoms with Crippen LogP contribution in [0.1, 0.15) is 30.1 Å². The summed E-state index contributed by atoms with van der Waals surface area (Å²) in [5.41, 5.74) is 3.43. The zero-order chi connectivity index (χ0) is 19.1. The van der Waals surface area contributed by atoms with Gasteiger partial charge in [0.25, 0.3) is 0 Å². The number of hydrogen-bond donors (Lipinski definition) is 2. The van der Waals surface area contributed by atoms with Crippen LogP contribution in [-0.4, -0.2) is 33.0 Å². The molecule has 1 aliphatic heterocycles. The quantitative estimate of drug-likeness (QED) is 0.650. The molecule has 4 rings (SSSR count). The average molecular weight is 407 g/mol. The summed E-state index contributed by atoms with van der Waals surface area (Å²) in [4.78, 5) is 4.61. The van der Waals surface area contributed by atoms with Crippen LogP contribution in [0.4, 0.5) is 0 Å². The Morgan fingerprint density at radius 2 is 2.00 bits per heavy atom. The van der Waals surface area contributed by atoms with Crippen LogP contribution >= 0.6 is 23.2 Å². The fraction of sp³-hybridized carbons (Fsp3) is 0.350. The van der Waals surface area contributed by atoms with Crippen molar-refractivity contribution in [2.24, 2.45) is 0 Å². The highest BCUT2D eigenvalue weighted by Gasteiger charge is 2.25. The van der Waals surface area contributed by atoms with Gasteiger partial charge in [-0.25, -0.2) is 0 Å². The Balaban J connectivity index is 2.01. The molecule has 0 aliphatic carbocycles. The fourth-order valence-electron chi connectivity index (χ4n) is 3.83. The Hall–Kier alpha value is -1.79. The monoisotopic (exact) mass is 406 g/mol. The van der Waals surface area contributed by atoms with Crippen LogP contribution in [0.3, 0.4) is 0 Å². The molecule has 27 heavy (non-hydrogen) atoms. The minimum absolute atomic E-state index is 0.139. The van der Waals surface area contributed by atoms with Gasteiger partial charge in [0.15, 0.2) is 0 Å². The summed E-state index contributed by atoms with van der Waals surface area (Å²) < 4.78 is 7.31. The molecule has 2 N–H and O–H groups in total. The summed E-state index contributed by atoms with van der Waals surface area (Å²) in [6, 6.07) is 5.37. The first-order valence-corrected chi connectivity index (χ1v) is 9.64. The lowest BCUT2D eigenvalue weighted by molar-refractivity contribution is 0.0678. The Labute approximate surface area is 167 Å². The van der Waals surface area contributed by atoms with Gasteiger partial charge in [-0.05, 0) is 31.9 Å². The van der Waals surface area contributed by atoms with Gasteiger partial charge < -0.3 is 19.5 Å². The molecule has 5 nitrogen and oxygen atoms in total. The molecule has 7 heteroatoms. The minimum Gasteiger partial charge on any atom is -0.494 e. The number of rotatable bonds is 3. The first-order valence-electron chi connectivity index (χ1n) is 8.88. The highest BCUT2D eigenvalue weighted by Crippen LogP contribution is 2.43. The second-order valence-electron chi connectivity index (χ2n) is 6.80. The molecule has 0 amide bonds. The number of aliphatic hydroxyl groups excluding tert-OH is 1. The molecule has 1 aromatic carbocycles. The Morgan fingerprint density at radius 3 is 2.67 bits per heavy atom. The molecule has 142 valence electrons. The third-order valence-corrected chi connectivity index (χ3v) is 5.75. The van der Waals surface area contributed by atoms with Gasteiger partial charge in [-0.1, -0.05) is 29.3 Å². The van der Waals surface area contributed by atoms with Gasteiger partial charge in [-0.15, -0.1) is 0 Å². The Bertz CT molecular complexity index is 1010. The van der Waals surface area contributed by atoms with Crippen LogP contribution in [-0.2, 0) is 11.3 Å². The number of aromatic nitrogens is 2. The number of halogens is 2. The number of ether oxygens (including phenoxy) is 1. The van der Waals surface area contributed by atoms with E-state index < -0.39 is 0 Å². The van der Waals surface area contributed by atoms with Crippen molar-refractivity contribution in [1.82, 2.24) is 9.55 Å². The predicted octanol–water partition coefficient (Wildman–Crippen LogP) is 4.87. The summed E-state index contributed by atoms with van der Waals surface area (Å²) in [5, 5.41) is 22.7. The maximum atomic E-state index is 11.1. The van der Waals surface area contributed by atoms with Crippen molar-refractivity contribution < 1.29 is 14.9 Å². The molecular weight excluding hydrogens is 387 g/mol. The highest BCUT2D eigenvalue weighted by atomic mass is 35.5. The normalized spacial score (nSPS) is 15.6. The van der Waals surface area contributed by atoms with E-state index in [-0.39, 0.29) is 18.5 Å². The van der Waals surface area contributed by atoms with Crippen molar-refractivity contribution in [2.45, 2.75) is 32.4 Å². The molecule has 0 saturated carbocycles.